The van der Waals surface area contributed by atoms with Gasteiger partial charge in [-0.15, -0.1) is 0 Å². The molecule has 1 aliphatic heterocycles. The van der Waals surface area contributed by atoms with Gasteiger partial charge >= 0.3 is 12.1 Å². The first-order valence-electron chi connectivity index (χ1n) is 8.27. The van der Waals surface area contributed by atoms with Crippen molar-refractivity contribution < 1.29 is 24.2 Å². The lowest BCUT2D eigenvalue weighted by Crippen LogP contribution is -2.58. The van der Waals surface area contributed by atoms with E-state index in [4.69, 9.17) is 9.47 Å². The maximum atomic E-state index is 12.3. The molecule has 0 saturated carbocycles. The van der Waals surface area contributed by atoms with Gasteiger partial charge in [0.15, 0.2) is 0 Å². The van der Waals surface area contributed by atoms with Gasteiger partial charge in [0.1, 0.15) is 17.4 Å². The fourth-order valence-electron chi connectivity index (χ4n) is 2.72. The number of benzene rings is 1. The summed E-state index contributed by atoms with van der Waals surface area (Å²) in [5, 5.41) is 9.52. The molecule has 138 valence electrons. The second kappa shape index (κ2) is 7.74. The van der Waals surface area contributed by atoms with E-state index in [9.17, 15) is 14.7 Å². The molecule has 7 nitrogen and oxygen atoms in total. The molecule has 0 spiro atoms. The van der Waals surface area contributed by atoms with Gasteiger partial charge in [0, 0.05) is 26.2 Å². The molecule has 0 unspecified atom stereocenters. The van der Waals surface area contributed by atoms with Gasteiger partial charge in [-0.05, 0) is 38.5 Å². The molecule has 1 aromatic carbocycles. The van der Waals surface area contributed by atoms with E-state index in [1.54, 1.807) is 27.9 Å². The van der Waals surface area contributed by atoms with Crippen LogP contribution < -0.4 is 4.74 Å². The van der Waals surface area contributed by atoms with Crippen LogP contribution in [0.25, 0.3) is 0 Å². The number of ether oxygens (including phenoxy) is 2. The van der Waals surface area contributed by atoms with Gasteiger partial charge in [0.25, 0.3) is 0 Å². The van der Waals surface area contributed by atoms with Crippen LogP contribution in [0.2, 0.25) is 0 Å². The Morgan fingerprint density at radius 1 is 1.20 bits per heavy atom. The Kier molecular flexibility index (Phi) is 5.89. The number of piperazine rings is 1. The van der Waals surface area contributed by atoms with Gasteiger partial charge in [-0.3, -0.25) is 9.80 Å². The molecule has 1 aromatic rings. The van der Waals surface area contributed by atoms with Crippen LogP contribution in [-0.2, 0) is 16.1 Å². The Morgan fingerprint density at radius 2 is 1.84 bits per heavy atom. The van der Waals surface area contributed by atoms with Gasteiger partial charge < -0.3 is 14.6 Å². The second-order valence-corrected chi connectivity index (χ2v) is 7.11. The van der Waals surface area contributed by atoms with Crippen LogP contribution in [0.15, 0.2) is 24.3 Å². The van der Waals surface area contributed by atoms with Crippen molar-refractivity contribution in [3.63, 3.8) is 0 Å². The highest BCUT2D eigenvalue weighted by Crippen LogP contribution is 2.19. The van der Waals surface area contributed by atoms with E-state index >= 15 is 0 Å². The van der Waals surface area contributed by atoms with Gasteiger partial charge in [0.05, 0.1) is 7.11 Å². The summed E-state index contributed by atoms with van der Waals surface area (Å²) >= 11 is 0. The second-order valence-electron chi connectivity index (χ2n) is 7.11. The molecule has 1 aliphatic rings. The fraction of sp³-hybridized carbons (Fsp3) is 0.556. The highest BCUT2D eigenvalue weighted by Gasteiger charge is 2.37. The third kappa shape index (κ3) is 5.35. The molecule has 1 saturated heterocycles. The van der Waals surface area contributed by atoms with Crippen molar-refractivity contribution in [3.8, 4) is 5.75 Å². The Bertz CT molecular complexity index is 609. The minimum Gasteiger partial charge on any atom is -0.497 e. The molecule has 2 rings (SSSR count). The number of hydrogen-bond donors (Lipinski definition) is 1. The first kappa shape index (κ1) is 19.1. The number of carboxylic acid groups (broad SMARTS) is 1. The van der Waals surface area contributed by atoms with Crippen molar-refractivity contribution >= 4 is 12.1 Å². The molecule has 1 heterocycles. The van der Waals surface area contributed by atoms with Crippen LogP contribution in [0.3, 0.4) is 0 Å². The van der Waals surface area contributed by atoms with E-state index in [-0.39, 0.29) is 6.54 Å². The highest BCUT2D eigenvalue weighted by atomic mass is 16.6. The quantitative estimate of drug-likeness (QED) is 0.897. The molecule has 0 aliphatic carbocycles. The molecular formula is C18H26N2O5. The van der Waals surface area contributed by atoms with Crippen molar-refractivity contribution in [1.29, 1.82) is 0 Å². The molecule has 1 amide bonds. The molecular weight excluding hydrogens is 324 g/mol. The van der Waals surface area contributed by atoms with Crippen molar-refractivity contribution in [3.05, 3.63) is 29.8 Å². The monoisotopic (exact) mass is 350 g/mol. The van der Waals surface area contributed by atoms with Gasteiger partial charge in [0.2, 0.25) is 0 Å². The Hall–Kier alpha value is -2.28. The summed E-state index contributed by atoms with van der Waals surface area (Å²) in [6.45, 7) is 7.09. The summed E-state index contributed by atoms with van der Waals surface area (Å²) in [6.07, 6.45) is -0.580. The van der Waals surface area contributed by atoms with E-state index < -0.39 is 23.7 Å². The number of nitrogens with zero attached hydrogens (tertiary/aromatic N) is 2. The number of aliphatic carboxylic acids is 1. The molecule has 25 heavy (non-hydrogen) atoms. The smallest absolute Gasteiger partial charge is 0.411 e. The first-order valence-corrected chi connectivity index (χ1v) is 8.27. The van der Waals surface area contributed by atoms with Crippen molar-refractivity contribution in [1.82, 2.24) is 9.80 Å². The average molecular weight is 350 g/mol. The zero-order valence-corrected chi connectivity index (χ0v) is 15.2. The predicted octanol–water partition coefficient (Wildman–Crippen LogP) is 2.20. The summed E-state index contributed by atoms with van der Waals surface area (Å²) in [5.74, 6) is -0.243. The lowest BCUT2D eigenvalue weighted by molar-refractivity contribution is -0.145. The number of methoxy groups -OCH3 is 1. The van der Waals surface area contributed by atoms with E-state index in [2.05, 4.69) is 0 Å². The number of carbonyl (C=O) groups is 2. The van der Waals surface area contributed by atoms with E-state index in [0.717, 1.165) is 11.3 Å². The molecule has 0 bridgehead atoms. The minimum absolute atomic E-state index is 0.264. The van der Waals surface area contributed by atoms with Gasteiger partial charge in [-0.25, -0.2) is 9.59 Å². The summed E-state index contributed by atoms with van der Waals surface area (Å²) in [6, 6.07) is 6.74. The van der Waals surface area contributed by atoms with Gasteiger partial charge in [-0.1, -0.05) is 12.1 Å². The third-order valence-corrected chi connectivity index (χ3v) is 3.94. The minimum atomic E-state index is -1.02. The Morgan fingerprint density at radius 3 is 2.36 bits per heavy atom. The average Bonchev–Trinajstić information content (AvgIpc) is 2.53. The van der Waals surface area contributed by atoms with Crippen LogP contribution >= 0.6 is 0 Å². The Balaban J connectivity index is 2.02. The third-order valence-electron chi connectivity index (χ3n) is 3.94. The topological polar surface area (TPSA) is 79.3 Å². The molecule has 0 aromatic heterocycles. The van der Waals surface area contributed by atoms with E-state index in [1.165, 1.54) is 4.90 Å². The maximum Gasteiger partial charge on any atom is 0.411 e. The van der Waals surface area contributed by atoms with Gasteiger partial charge in [-0.2, -0.15) is 0 Å². The normalized spacial score (nSPS) is 18.7. The first-order chi connectivity index (χ1) is 11.7. The number of carbonyl (C=O) groups excluding carboxylic acids is 1. The number of hydrogen-bond acceptors (Lipinski definition) is 5. The zero-order valence-electron chi connectivity index (χ0n) is 15.2. The van der Waals surface area contributed by atoms with Crippen molar-refractivity contribution in [2.24, 2.45) is 0 Å². The summed E-state index contributed by atoms with van der Waals surface area (Å²) in [7, 11) is 1.61. The SMILES string of the molecule is COc1ccc(CN2CCN(C(=O)OC(C)(C)C)[C@H](C(=O)O)C2)cc1. The Labute approximate surface area is 148 Å². The van der Waals surface area contributed by atoms with Crippen LogP contribution in [0.4, 0.5) is 4.79 Å². The summed E-state index contributed by atoms with van der Waals surface area (Å²) in [4.78, 5) is 27.2. The standard InChI is InChI=1S/C18H26N2O5/c1-18(2,3)25-17(23)20-10-9-19(12-15(20)16(21)22)11-13-5-7-14(24-4)8-6-13/h5-8,15H,9-12H2,1-4H3,(H,21,22)/t15-/m0/s1. The predicted molar refractivity (Wildman–Crippen MR) is 92.6 cm³/mol. The molecule has 1 fully saturated rings. The van der Waals surface area contributed by atoms with Crippen LogP contribution in [0, 0.1) is 0 Å². The molecule has 1 atom stereocenters. The largest absolute Gasteiger partial charge is 0.497 e. The van der Waals surface area contributed by atoms with Crippen LogP contribution in [0.5, 0.6) is 5.75 Å². The molecule has 7 heteroatoms. The molecule has 1 N–H and O–H groups in total. The van der Waals surface area contributed by atoms with E-state index in [0.29, 0.717) is 19.6 Å². The summed E-state index contributed by atoms with van der Waals surface area (Å²) in [5.41, 5.74) is 0.413. The highest BCUT2D eigenvalue weighted by molar-refractivity contribution is 5.80. The number of rotatable bonds is 4. The fourth-order valence-corrected chi connectivity index (χ4v) is 2.72. The molecule has 0 radical (unpaired) electrons. The lowest BCUT2D eigenvalue weighted by Gasteiger charge is -2.39. The lowest BCUT2D eigenvalue weighted by atomic mass is 10.1. The summed E-state index contributed by atoms with van der Waals surface area (Å²) < 4.78 is 10.5. The van der Waals surface area contributed by atoms with Crippen LogP contribution in [-0.4, -0.2) is 65.4 Å². The number of carboxylic acids is 1. The maximum absolute atomic E-state index is 12.3. The van der Waals surface area contributed by atoms with Crippen molar-refractivity contribution in [2.75, 3.05) is 26.7 Å². The van der Waals surface area contributed by atoms with Crippen LogP contribution in [0.1, 0.15) is 26.3 Å². The number of amides is 1. The van der Waals surface area contributed by atoms with Crippen molar-refractivity contribution in [2.45, 2.75) is 39.0 Å². The zero-order chi connectivity index (χ0) is 18.6. The van der Waals surface area contributed by atoms with E-state index in [1.807, 2.05) is 29.2 Å².